The molecule has 0 N–H and O–H groups in total. The molecular weight excluding hydrogens is 358 g/mol. The Kier molecular flexibility index (Phi) is 6.78. The smallest absolute Gasteiger partial charge is 0.341 e. The summed E-state index contributed by atoms with van der Waals surface area (Å²) >= 11 is 0. The van der Waals surface area contributed by atoms with Gasteiger partial charge in [0.15, 0.2) is 11.6 Å². The van der Waals surface area contributed by atoms with Crippen LogP contribution in [0.5, 0.6) is 5.75 Å². The second-order valence-corrected chi connectivity index (χ2v) is 7.61. The Balaban J connectivity index is 2.01. The van der Waals surface area contributed by atoms with E-state index in [0.29, 0.717) is 32.3 Å². The van der Waals surface area contributed by atoms with Crippen LogP contribution in [0.2, 0.25) is 0 Å². The lowest BCUT2D eigenvalue weighted by Crippen LogP contribution is -2.29. The van der Waals surface area contributed by atoms with Gasteiger partial charge in [0.1, 0.15) is 11.4 Å². The molecule has 150 valence electrons. The summed E-state index contributed by atoms with van der Waals surface area (Å²) in [5, 5.41) is 0. The first-order chi connectivity index (χ1) is 12.6. The van der Waals surface area contributed by atoms with E-state index in [4.69, 9.17) is 14.2 Å². The molecule has 0 atom stereocenters. The summed E-state index contributed by atoms with van der Waals surface area (Å²) in [6, 6.07) is 1.66. The van der Waals surface area contributed by atoms with Gasteiger partial charge in [-0.3, -0.25) is 4.79 Å². The number of hydrogen-bond acceptors (Lipinski definition) is 5. The standard InChI is InChI=1S/C20H26F2O5/c1-5-25-18(23)12-6-8-13(9-7-12)26-17-11-15(21)14(10-16(17)22)19(24)27-20(2,3)4/h10-13H,5-9H2,1-4H3. The lowest BCUT2D eigenvalue weighted by molar-refractivity contribution is -0.149. The minimum atomic E-state index is -0.930. The number of ether oxygens (including phenoxy) is 3. The van der Waals surface area contributed by atoms with Crippen molar-refractivity contribution in [1.82, 2.24) is 0 Å². The van der Waals surface area contributed by atoms with Crippen molar-refractivity contribution in [1.29, 1.82) is 0 Å². The minimum absolute atomic E-state index is 0.180. The Bertz CT molecular complexity index is 688. The van der Waals surface area contributed by atoms with E-state index in [1.807, 2.05) is 0 Å². The van der Waals surface area contributed by atoms with Gasteiger partial charge in [0, 0.05) is 6.07 Å². The number of hydrogen-bond donors (Lipinski definition) is 0. The zero-order valence-electron chi connectivity index (χ0n) is 16.1. The highest BCUT2D eigenvalue weighted by Gasteiger charge is 2.29. The van der Waals surface area contributed by atoms with E-state index >= 15 is 0 Å². The molecule has 0 saturated heterocycles. The SMILES string of the molecule is CCOC(=O)C1CCC(Oc2cc(F)c(C(=O)OC(C)(C)C)cc2F)CC1. The molecule has 1 aromatic rings. The Morgan fingerprint density at radius 3 is 2.26 bits per heavy atom. The number of carbonyl (C=O) groups is 2. The zero-order valence-corrected chi connectivity index (χ0v) is 16.1. The second kappa shape index (κ2) is 8.67. The van der Waals surface area contributed by atoms with Crippen LogP contribution in [0.1, 0.15) is 63.7 Å². The predicted octanol–water partition coefficient (Wildman–Crippen LogP) is 4.42. The molecule has 1 aliphatic carbocycles. The average Bonchev–Trinajstić information content (AvgIpc) is 2.57. The maximum atomic E-state index is 14.3. The Labute approximate surface area is 158 Å². The highest BCUT2D eigenvalue weighted by Crippen LogP contribution is 2.31. The van der Waals surface area contributed by atoms with Crippen LogP contribution in [-0.2, 0) is 14.3 Å². The Morgan fingerprint density at radius 1 is 1.07 bits per heavy atom. The first-order valence-electron chi connectivity index (χ1n) is 9.16. The van der Waals surface area contributed by atoms with Crippen LogP contribution in [0.3, 0.4) is 0 Å². The van der Waals surface area contributed by atoms with Gasteiger partial charge in [-0.05, 0) is 59.4 Å². The normalized spacial score (nSPS) is 20.1. The third kappa shape index (κ3) is 5.91. The van der Waals surface area contributed by atoms with E-state index in [9.17, 15) is 18.4 Å². The fraction of sp³-hybridized carbons (Fsp3) is 0.600. The topological polar surface area (TPSA) is 61.8 Å². The molecule has 7 heteroatoms. The van der Waals surface area contributed by atoms with Crippen molar-refractivity contribution in [2.75, 3.05) is 6.61 Å². The molecule has 0 spiro atoms. The van der Waals surface area contributed by atoms with Crippen LogP contribution in [0.25, 0.3) is 0 Å². The van der Waals surface area contributed by atoms with Crippen molar-refractivity contribution in [3.8, 4) is 5.75 Å². The van der Waals surface area contributed by atoms with Crippen LogP contribution < -0.4 is 4.74 Å². The third-order valence-electron chi connectivity index (χ3n) is 4.23. The molecule has 1 aromatic carbocycles. The predicted molar refractivity (Wildman–Crippen MR) is 94.5 cm³/mol. The highest BCUT2D eigenvalue weighted by molar-refractivity contribution is 5.90. The minimum Gasteiger partial charge on any atom is -0.487 e. The van der Waals surface area contributed by atoms with Crippen molar-refractivity contribution in [2.45, 2.75) is 65.1 Å². The van der Waals surface area contributed by atoms with E-state index in [-0.39, 0.29) is 23.7 Å². The van der Waals surface area contributed by atoms with Crippen LogP contribution >= 0.6 is 0 Å². The van der Waals surface area contributed by atoms with Gasteiger partial charge in [-0.25, -0.2) is 13.6 Å². The van der Waals surface area contributed by atoms with Gasteiger partial charge >= 0.3 is 11.9 Å². The fourth-order valence-electron chi connectivity index (χ4n) is 2.96. The van der Waals surface area contributed by atoms with Crippen LogP contribution in [-0.4, -0.2) is 30.3 Å². The van der Waals surface area contributed by atoms with Gasteiger partial charge < -0.3 is 14.2 Å². The molecule has 0 heterocycles. The van der Waals surface area contributed by atoms with Crippen LogP contribution in [0, 0.1) is 17.6 Å². The summed E-state index contributed by atoms with van der Waals surface area (Å²) in [6.07, 6.45) is 1.90. The largest absolute Gasteiger partial charge is 0.487 e. The number of benzene rings is 1. The first kappa shape index (κ1) is 21.1. The highest BCUT2D eigenvalue weighted by atomic mass is 19.1. The van der Waals surface area contributed by atoms with Gasteiger partial charge in [0.25, 0.3) is 0 Å². The molecule has 0 aliphatic heterocycles. The molecular formula is C20H26F2O5. The summed E-state index contributed by atoms with van der Waals surface area (Å²) in [5.74, 6) is -3.32. The number of rotatable bonds is 5. The van der Waals surface area contributed by atoms with E-state index in [1.54, 1.807) is 27.7 Å². The molecule has 2 rings (SSSR count). The van der Waals surface area contributed by atoms with E-state index in [0.717, 1.165) is 12.1 Å². The lowest BCUT2D eigenvalue weighted by atomic mass is 9.87. The quantitative estimate of drug-likeness (QED) is 0.703. The van der Waals surface area contributed by atoms with E-state index in [1.165, 1.54) is 0 Å². The van der Waals surface area contributed by atoms with Gasteiger partial charge in [0.2, 0.25) is 0 Å². The van der Waals surface area contributed by atoms with Crippen molar-refractivity contribution in [3.63, 3.8) is 0 Å². The van der Waals surface area contributed by atoms with E-state index < -0.39 is 28.8 Å². The molecule has 0 unspecified atom stereocenters. The van der Waals surface area contributed by atoms with Crippen molar-refractivity contribution in [3.05, 3.63) is 29.3 Å². The Hall–Kier alpha value is -2.18. The van der Waals surface area contributed by atoms with Gasteiger partial charge in [-0.2, -0.15) is 0 Å². The molecule has 5 nitrogen and oxygen atoms in total. The zero-order chi connectivity index (χ0) is 20.2. The lowest BCUT2D eigenvalue weighted by Gasteiger charge is -2.28. The summed E-state index contributed by atoms with van der Waals surface area (Å²) in [4.78, 5) is 23.7. The molecule has 0 amide bonds. The molecule has 0 aromatic heterocycles. The molecule has 1 saturated carbocycles. The summed E-state index contributed by atoms with van der Waals surface area (Å²) in [5.41, 5.74) is -1.28. The molecule has 0 radical (unpaired) electrons. The molecule has 27 heavy (non-hydrogen) atoms. The summed E-state index contributed by atoms with van der Waals surface area (Å²) < 4.78 is 44.2. The first-order valence-corrected chi connectivity index (χ1v) is 9.16. The average molecular weight is 384 g/mol. The van der Waals surface area contributed by atoms with Gasteiger partial charge in [0.05, 0.1) is 24.2 Å². The Morgan fingerprint density at radius 2 is 1.70 bits per heavy atom. The van der Waals surface area contributed by atoms with E-state index in [2.05, 4.69) is 0 Å². The van der Waals surface area contributed by atoms with Crippen LogP contribution in [0.15, 0.2) is 12.1 Å². The van der Waals surface area contributed by atoms with Gasteiger partial charge in [-0.15, -0.1) is 0 Å². The van der Waals surface area contributed by atoms with Crippen molar-refractivity contribution >= 4 is 11.9 Å². The summed E-state index contributed by atoms with van der Waals surface area (Å²) in [7, 11) is 0. The number of esters is 2. The van der Waals surface area contributed by atoms with Gasteiger partial charge in [-0.1, -0.05) is 0 Å². The fourth-order valence-corrected chi connectivity index (χ4v) is 2.96. The molecule has 1 aliphatic rings. The van der Waals surface area contributed by atoms with Crippen molar-refractivity contribution in [2.24, 2.45) is 5.92 Å². The maximum Gasteiger partial charge on any atom is 0.341 e. The molecule has 0 bridgehead atoms. The van der Waals surface area contributed by atoms with Crippen molar-refractivity contribution < 1.29 is 32.6 Å². The number of halogens is 2. The number of carbonyl (C=O) groups excluding carboxylic acids is 2. The summed E-state index contributed by atoms with van der Waals surface area (Å²) in [6.45, 7) is 7.02. The maximum absolute atomic E-state index is 14.3. The monoisotopic (exact) mass is 384 g/mol. The second-order valence-electron chi connectivity index (χ2n) is 7.61. The third-order valence-corrected chi connectivity index (χ3v) is 4.23. The van der Waals surface area contributed by atoms with Crippen LogP contribution in [0.4, 0.5) is 8.78 Å². The molecule has 1 fully saturated rings.